The van der Waals surface area contributed by atoms with E-state index in [4.69, 9.17) is 11.5 Å². The number of benzene rings is 1. The van der Waals surface area contributed by atoms with Crippen LogP contribution in [-0.4, -0.2) is 44.2 Å². The monoisotopic (exact) mass is 334 g/mol. The summed E-state index contributed by atoms with van der Waals surface area (Å²) in [6, 6.07) is 9.05. The first-order chi connectivity index (χ1) is 11.7. The van der Waals surface area contributed by atoms with Crippen LogP contribution in [0.4, 0.5) is 0 Å². The molecule has 1 atom stereocenters. The van der Waals surface area contributed by atoms with Crippen molar-refractivity contribution in [1.82, 2.24) is 10.2 Å². The lowest BCUT2D eigenvalue weighted by atomic mass is 9.98. The van der Waals surface area contributed by atoms with Gasteiger partial charge in [-0.3, -0.25) is 0 Å². The number of nitrogens with zero attached hydrogens (tertiary/aromatic N) is 1. The summed E-state index contributed by atoms with van der Waals surface area (Å²) < 4.78 is 0. The van der Waals surface area contributed by atoms with Gasteiger partial charge in [0.15, 0.2) is 0 Å². The van der Waals surface area contributed by atoms with Crippen molar-refractivity contribution in [2.24, 2.45) is 11.5 Å². The van der Waals surface area contributed by atoms with Crippen LogP contribution in [0.5, 0.6) is 0 Å². The zero-order chi connectivity index (χ0) is 17.6. The first kappa shape index (κ1) is 21.1. The molecule has 0 aliphatic rings. The molecular weight excluding hydrogens is 296 g/mol. The Morgan fingerprint density at radius 2 is 1.54 bits per heavy atom. The smallest absolute Gasteiger partial charge is 0.0205 e. The third-order valence-electron chi connectivity index (χ3n) is 4.68. The quantitative estimate of drug-likeness (QED) is 0.458. The zero-order valence-corrected chi connectivity index (χ0v) is 15.8. The van der Waals surface area contributed by atoms with Gasteiger partial charge in [0.1, 0.15) is 0 Å². The molecule has 0 amide bonds. The van der Waals surface area contributed by atoms with E-state index in [0.29, 0.717) is 5.92 Å². The predicted molar refractivity (Wildman–Crippen MR) is 105 cm³/mol. The Balaban J connectivity index is 2.21. The van der Waals surface area contributed by atoms with Gasteiger partial charge < -0.3 is 21.7 Å². The molecule has 4 nitrogen and oxygen atoms in total. The largest absolute Gasteiger partial charge is 0.330 e. The Morgan fingerprint density at radius 3 is 2.08 bits per heavy atom. The number of hydrogen-bond donors (Lipinski definition) is 3. The molecule has 0 fully saturated rings. The van der Waals surface area contributed by atoms with E-state index in [1.165, 1.54) is 24.0 Å². The molecule has 1 rings (SSSR count). The molecule has 0 saturated heterocycles. The minimum absolute atomic E-state index is 0.653. The Bertz CT molecular complexity index is 397. The maximum Gasteiger partial charge on any atom is 0.0205 e. The summed E-state index contributed by atoms with van der Waals surface area (Å²) in [6.45, 7) is 11.4. The standard InChI is InChI=1S/C20H38N4/c1-3-18(2)20-9-7-19(8-10-20)17-23-13-6-16-24(14-4-11-21)15-5-12-22/h7-10,18,23H,3-6,11-17,21-22H2,1-2H3. The fraction of sp³-hybridized carbons (Fsp3) is 0.700. The summed E-state index contributed by atoms with van der Waals surface area (Å²) >= 11 is 0. The van der Waals surface area contributed by atoms with Crippen molar-refractivity contribution in [2.75, 3.05) is 39.3 Å². The number of nitrogens with two attached hydrogens (primary N) is 2. The van der Waals surface area contributed by atoms with Crippen molar-refractivity contribution in [3.63, 3.8) is 0 Å². The second-order valence-electron chi connectivity index (χ2n) is 6.71. The summed E-state index contributed by atoms with van der Waals surface area (Å²) in [7, 11) is 0. The van der Waals surface area contributed by atoms with Gasteiger partial charge in [-0.05, 0) is 82.0 Å². The predicted octanol–water partition coefficient (Wildman–Crippen LogP) is 2.68. The SMILES string of the molecule is CCC(C)c1ccc(CNCCCN(CCCN)CCCN)cc1. The van der Waals surface area contributed by atoms with Crippen LogP contribution in [0.15, 0.2) is 24.3 Å². The third-order valence-corrected chi connectivity index (χ3v) is 4.68. The van der Waals surface area contributed by atoms with Gasteiger partial charge in [0.2, 0.25) is 0 Å². The van der Waals surface area contributed by atoms with Crippen LogP contribution in [0.2, 0.25) is 0 Å². The van der Waals surface area contributed by atoms with Gasteiger partial charge in [-0.1, -0.05) is 38.1 Å². The fourth-order valence-corrected chi connectivity index (χ4v) is 2.83. The minimum atomic E-state index is 0.653. The van der Waals surface area contributed by atoms with Gasteiger partial charge in [-0.25, -0.2) is 0 Å². The van der Waals surface area contributed by atoms with Crippen molar-refractivity contribution in [1.29, 1.82) is 0 Å². The zero-order valence-electron chi connectivity index (χ0n) is 15.8. The maximum absolute atomic E-state index is 5.62. The molecule has 0 aliphatic heterocycles. The number of nitrogens with one attached hydrogen (secondary N) is 1. The highest BCUT2D eigenvalue weighted by molar-refractivity contribution is 5.24. The highest BCUT2D eigenvalue weighted by atomic mass is 15.1. The van der Waals surface area contributed by atoms with Crippen LogP contribution >= 0.6 is 0 Å². The molecule has 0 heterocycles. The number of rotatable bonds is 14. The molecule has 24 heavy (non-hydrogen) atoms. The topological polar surface area (TPSA) is 67.3 Å². The van der Waals surface area contributed by atoms with Crippen LogP contribution in [0.25, 0.3) is 0 Å². The average Bonchev–Trinajstić information content (AvgIpc) is 2.62. The van der Waals surface area contributed by atoms with Crippen LogP contribution < -0.4 is 16.8 Å². The molecule has 0 saturated carbocycles. The van der Waals surface area contributed by atoms with Gasteiger partial charge in [-0.15, -0.1) is 0 Å². The molecule has 0 aliphatic carbocycles. The maximum atomic E-state index is 5.62. The molecule has 1 aromatic rings. The van der Waals surface area contributed by atoms with Crippen molar-refractivity contribution in [3.05, 3.63) is 35.4 Å². The Hall–Kier alpha value is -0.940. The Kier molecular flexibility index (Phi) is 11.7. The first-order valence-electron chi connectivity index (χ1n) is 9.63. The van der Waals surface area contributed by atoms with E-state index < -0.39 is 0 Å². The van der Waals surface area contributed by atoms with E-state index in [-0.39, 0.29) is 0 Å². The van der Waals surface area contributed by atoms with Crippen LogP contribution in [0, 0.1) is 0 Å². The van der Waals surface area contributed by atoms with E-state index >= 15 is 0 Å². The summed E-state index contributed by atoms with van der Waals surface area (Å²) in [5.74, 6) is 0.653. The van der Waals surface area contributed by atoms with Crippen molar-refractivity contribution in [3.8, 4) is 0 Å². The summed E-state index contributed by atoms with van der Waals surface area (Å²) in [4.78, 5) is 2.49. The van der Waals surface area contributed by atoms with E-state index in [0.717, 1.165) is 58.7 Å². The lowest BCUT2D eigenvalue weighted by Crippen LogP contribution is -2.31. The van der Waals surface area contributed by atoms with Crippen molar-refractivity contribution < 1.29 is 0 Å². The molecule has 0 radical (unpaired) electrons. The van der Waals surface area contributed by atoms with Crippen LogP contribution in [0.3, 0.4) is 0 Å². The van der Waals surface area contributed by atoms with Gasteiger partial charge in [0.25, 0.3) is 0 Å². The minimum Gasteiger partial charge on any atom is -0.330 e. The second kappa shape index (κ2) is 13.4. The molecule has 1 aromatic carbocycles. The Morgan fingerprint density at radius 1 is 0.958 bits per heavy atom. The second-order valence-corrected chi connectivity index (χ2v) is 6.71. The number of hydrogen-bond acceptors (Lipinski definition) is 4. The lowest BCUT2D eigenvalue weighted by molar-refractivity contribution is 0.265. The molecule has 5 N–H and O–H groups in total. The highest BCUT2D eigenvalue weighted by Crippen LogP contribution is 2.18. The summed E-state index contributed by atoms with van der Waals surface area (Å²) in [5, 5.41) is 3.56. The van der Waals surface area contributed by atoms with Gasteiger partial charge >= 0.3 is 0 Å². The van der Waals surface area contributed by atoms with Gasteiger partial charge in [-0.2, -0.15) is 0 Å². The van der Waals surface area contributed by atoms with Gasteiger partial charge in [0.05, 0.1) is 0 Å². The summed E-state index contributed by atoms with van der Waals surface area (Å²) in [6.07, 6.45) is 4.50. The van der Waals surface area contributed by atoms with E-state index in [9.17, 15) is 0 Å². The molecule has 0 aromatic heterocycles. The van der Waals surface area contributed by atoms with E-state index in [1.807, 2.05) is 0 Å². The molecular formula is C20H38N4. The first-order valence-corrected chi connectivity index (χ1v) is 9.63. The van der Waals surface area contributed by atoms with Crippen molar-refractivity contribution >= 4 is 0 Å². The van der Waals surface area contributed by atoms with E-state index in [2.05, 4.69) is 48.3 Å². The highest BCUT2D eigenvalue weighted by Gasteiger charge is 2.04. The summed E-state index contributed by atoms with van der Waals surface area (Å²) in [5.41, 5.74) is 14.0. The van der Waals surface area contributed by atoms with Crippen LogP contribution in [-0.2, 0) is 6.54 Å². The van der Waals surface area contributed by atoms with Gasteiger partial charge in [0, 0.05) is 6.54 Å². The third kappa shape index (κ3) is 8.78. The average molecular weight is 335 g/mol. The molecule has 1 unspecified atom stereocenters. The van der Waals surface area contributed by atoms with E-state index in [1.54, 1.807) is 0 Å². The van der Waals surface area contributed by atoms with Crippen molar-refractivity contribution in [2.45, 2.75) is 52.0 Å². The molecule has 138 valence electrons. The fourth-order valence-electron chi connectivity index (χ4n) is 2.83. The normalized spacial score (nSPS) is 12.7. The molecule has 0 spiro atoms. The molecule has 4 heteroatoms. The Labute approximate surface area is 149 Å². The van der Waals surface area contributed by atoms with Crippen LogP contribution in [0.1, 0.15) is 56.6 Å². The lowest BCUT2D eigenvalue weighted by Gasteiger charge is -2.21. The molecule has 0 bridgehead atoms.